The SMILES string of the molecule is COCC[C@@H]1C[C@@H](N)[C@@H]2c3ccccc3CCN12. The summed E-state index contributed by atoms with van der Waals surface area (Å²) in [5.41, 5.74) is 9.33. The topological polar surface area (TPSA) is 38.5 Å². The molecule has 3 nitrogen and oxygen atoms in total. The second-order valence-electron chi connectivity index (χ2n) is 5.47. The van der Waals surface area contributed by atoms with Gasteiger partial charge in [0.05, 0.1) is 6.04 Å². The van der Waals surface area contributed by atoms with Crippen LogP contribution in [0.2, 0.25) is 0 Å². The van der Waals surface area contributed by atoms with Crippen LogP contribution >= 0.6 is 0 Å². The number of nitrogens with two attached hydrogens (primary N) is 1. The van der Waals surface area contributed by atoms with Gasteiger partial charge in [0.2, 0.25) is 0 Å². The highest BCUT2D eigenvalue weighted by Crippen LogP contribution is 2.40. The van der Waals surface area contributed by atoms with Crippen molar-refractivity contribution in [2.24, 2.45) is 5.73 Å². The predicted molar refractivity (Wildman–Crippen MR) is 72.5 cm³/mol. The molecule has 1 fully saturated rings. The van der Waals surface area contributed by atoms with E-state index in [1.165, 1.54) is 11.1 Å². The Hall–Kier alpha value is -0.900. The third-order valence-electron chi connectivity index (χ3n) is 4.44. The summed E-state index contributed by atoms with van der Waals surface area (Å²) in [5.74, 6) is 0. The molecular weight excluding hydrogens is 224 g/mol. The van der Waals surface area contributed by atoms with Crippen LogP contribution in [0.1, 0.15) is 30.0 Å². The van der Waals surface area contributed by atoms with E-state index in [2.05, 4.69) is 29.2 Å². The molecule has 2 N–H and O–H groups in total. The van der Waals surface area contributed by atoms with Crippen molar-refractivity contribution in [1.82, 2.24) is 4.90 Å². The number of ether oxygens (including phenoxy) is 1. The molecule has 0 aliphatic carbocycles. The molecule has 2 aliphatic rings. The summed E-state index contributed by atoms with van der Waals surface area (Å²) in [4.78, 5) is 2.60. The van der Waals surface area contributed by atoms with Crippen LogP contribution in [0.5, 0.6) is 0 Å². The van der Waals surface area contributed by atoms with Gasteiger partial charge in [-0.2, -0.15) is 0 Å². The van der Waals surface area contributed by atoms with Crippen molar-refractivity contribution >= 4 is 0 Å². The molecule has 0 aromatic heterocycles. The minimum Gasteiger partial charge on any atom is -0.385 e. The highest BCUT2D eigenvalue weighted by atomic mass is 16.5. The van der Waals surface area contributed by atoms with Gasteiger partial charge < -0.3 is 10.5 Å². The fraction of sp³-hybridized carbons (Fsp3) is 0.600. The molecule has 1 aromatic carbocycles. The second kappa shape index (κ2) is 5.00. The Balaban J connectivity index is 1.85. The zero-order chi connectivity index (χ0) is 12.5. The summed E-state index contributed by atoms with van der Waals surface area (Å²) in [5, 5.41) is 0. The highest BCUT2D eigenvalue weighted by molar-refractivity contribution is 5.35. The summed E-state index contributed by atoms with van der Waals surface area (Å²) in [6.45, 7) is 1.98. The average molecular weight is 246 g/mol. The zero-order valence-corrected chi connectivity index (χ0v) is 11.0. The maximum Gasteiger partial charge on any atom is 0.0505 e. The fourth-order valence-electron chi connectivity index (χ4n) is 3.62. The molecule has 0 spiro atoms. The van der Waals surface area contributed by atoms with Gasteiger partial charge in [-0.05, 0) is 30.4 Å². The Labute approximate surface area is 109 Å². The van der Waals surface area contributed by atoms with Crippen LogP contribution in [0.15, 0.2) is 24.3 Å². The monoisotopic (exact) mass is 246 g/mol. The Morgan fingerprint density at radius 2 is 2.22 bits per heavy atom. The summed E-state index contributed by atoms with van der Waals surface area (Å²) >= 11 is 0. The zero-order valence-electron chi connectivity index (χ0n) is 11.0. The number of methoxy groups -OCH3 is 1. The number of hydrogen-bond acceptors (Lipinski definition) is 3. The second-order valence-corrected chi connectivity index (χ2v) is 5.47. The number of fused-ring (bicyclic) bond motifs is 3. The predicted octanol–water partition coefficient (Wildman–Crippen LogP) is 1.72. The molecule has 3 atom stereocenters. The van der Waals surface area contributed by atoms with E-state index in [0.29, 0.717) is 12.1 Å². The Morgan fingerprint density at radius 1 is 1.39 bits per heavy atom. The van der Waals surface area contributed by atoms with Crippen molar-refractivity contribution in [3.8, 4) is 0 Å². The molecule has 1 aromatic rings. The molecule has 98 valence electrons. The fourth-order valence-corrected chi connectivity index (χ4v) is 3.62. The molecule has 3 heteroatoms. The Kier molecular flexibility index (Phi) is 3.37. The van der Waals surface area contributed by atoms with Crippen molar-refractivity contribution in [3.63, 3.8) is 0 Å². The molecule has 0 amide bonds. The first kappa shape index (κ1) is 12.2. The number of hydrogen-bond donors (Lipinski definition) is 1. The summed E-state index contributed by atoms with van der Waals surface area (Å²) in [6, 6.07) is 10.1. The summed E-state index contributed by atoms with van der Waals surface area (Å²) < 4.78 is 5.22. The van der Waals surface area contributed by atoms with Crippen molar-refractivity contribution < 1.29 is 4.74 Å². The van der Waals surface area contributed by atoms with Gasteiger partial charge in [0.15, 0.2) is 0 Å². The van der Waals surface area contributed by atoms with Crippen LogP contribution in [-0.2, 0) is 11.2 Å². The third kappa shape index (κ3) is 1.96. The van der Waals surface area contributed by atoms with Gasteiger partial charge in [-0.25, -0.2) is 0 Å². The lowest BCUT2D eigenvalue weighted by Crippen LogP contribution is -2.40. The summed E-state index contributed by atoms with van der Waals surface area (Å²) in [6.07, 6.45) is 3.36. The molecule has 0 unspecified atom stereocenters. The minimum atomic E-state index is 0.272. The van der Waals surface area contributed by atoms with Gasteiger partial charge >= 0.3 is 0 Å². The van der Waals surface area contributed by atoms with Gasteiger partial charge in [0.1, 0.15) is 0 Å². The highest BCUT2D eigenvalue weighted by Gasteiger charge is 2.42. The van der Waals surface area contributed by atoms with E-state index in [1.807, 2.05) is 0 Å². The van der Waals surface area contributed by atoms with Gasteiger partial charge in [-0.3, -0.25) is 4.90 Å². The Morgan fingerprint density at radius 3 is 3.06 bits per heavy atom. The first-order valence-electron chi connectivity index (χ1n) is 6.89. The number of rotatable bonds is 3. The van der Waals surface area contributed by atoms with E-state index >= 15 is 0 Å². The van der Waals surface area contributed by atoms with Crippen LogP contribution in [-0.4, -0.2) is 37.2 Å². The van der Waals surface area contributed by atoms with Gasteiger partial charge in [-0.1, -0.05) is 24.3 Å². The average Bonchev–Trinajstić information content (AvgIpc) is 2.73. The van der Waals surface area contributed by atoms with Crippen LogP contribution in [0.25, 0.3) is 0 Å². The van der Waals surface area contributed by atoms with Crippen LogP contribution in [0, 0.1) is 0 Å². The Bertz CT molecular complexity index is 421. The molecule has 1 saturated heterocycles. The van der Waals surface area contributed by atoms with Crippen molar-refractivity contribution in [2.75, 3.05) is 20.3 Å². The number of benzene rings is 1. The molecule has 18 heavy (non-hydrogen) atoms. The van der Waals surface area contributed by atoms with E-state index in [-0.39, 0.29) is 6.04 Å². The largest absolute Gasteiger partial charge is 0.385 e. The van der Waals surface area contributed by atoms with E-state index in [9.17, 15) is 0 Å². The molecule has 0 radical (unpaired) electrons. The standard InChI is InChI=1S/C15H22N2O/c1-18-9-7-12-10-14(16)15-13-5-3-2-4-11(13)6-8-17(12)15/h2-5,12,14-15H,6-10,16H2,1H3/t12-,14-,15+/m1/s1. The van der Waals surface area contributed by atoms with E-state index < -0.39 is 0 Å². The van der Waals surface area contributed by atoms with Crippen molar-refractivity contribution in [3.05, 3.63) is 35.4 Å². The normalized spacial score (nSPS) is 31.1. The van der Waals surface area contributed by atoms with Gasteiger partial charge in [0, 0.05) is 32.3 Å². The smallest absolute Gasteiger partial charge is 0.0505 e. The first-order chi connectivity index (χ1) is 8.81. The lowest BCUT2D eigenvalue weighted by atomic mass is 9.91. The molecule has 2 aliphatic heterocycles. The quantitative estimate of drug-likeness (QED) is 0.882. The lowest BCUT2D eigenvalue weighted by Gasteiger charge is -2.36. The molecule has 3 rings (SSSR count). The maximum atomic E-state index is 6.38. The van der Waals surface area contributed by atoms with Crippen LogP contribution in [0.4, 0.5) is 0 Å². The van der Waals surface area contributed by atoms with Gasteiger partial charge in [-0.15, -0.1) is 0 Å². The molecule has 2 heterocycles. The van der Waals surface area contributed by atoms with Gasteiger partial charge in [0.25, 0.3) is 0 Å². The van der Waals surface area contributed by atoms with Crippen molar-refractivity contribution in [1.29, 1.82) is 0 Å². The molecule has 0 bridgehead atoms. The summed E-state index contributed by atoms with van der Waals surface area (Å²) in [7, 11) is 1.78. The third-order valence-corrected chi connectivity index (χ3v) is 4.44. The van der Waals surface area contributed by atoms with Crippen LogP contribution < -0.4 is 5.73 Å². The van der Waals surface area contributed by atoms with E-state index in [1.54, 1.807) is 7.11 Å². The first-order valence-corrected chi connectivity index (χ1v) is 6.89. The number of nitrogens with zero attached hydrogens (tertiary/aromatic N) is 1. The lowest BCUT2D eigenvalue weighted by molar-refractivity contribution is 0.128. The maximum absolute atomic E-state index is 6.38. The molecular formula is C15H22N2O. The van der Waals surface area contributed by atoms with Crippen LogP contribution in [0.3, 0.4) is 0 Å². The van der Waals surface area contributed by atoms with E-state index in [0.717, 1.165) is 32.4 Å². The molecule has 0 saturated carbocycles. The minimum absolute atomic E-state index is 0.272. The van der Waals surface area contributed by atoms with Crippen molar-refractivity contribution in [2.45, 2.75) is 37.4 Å². The van der Waals surface area contributed by atoms with E-state index in [4.69, 9.17) is 10.5 Å².